The van der Waals surface area contributed by atoms with E-state index in [1.165, 1.54) is 29.5 Å². The summed E-state index contributed by atoms with van der Waals surface area (Å²) in [5, 5.41) is 4.93. The zero-order valence-corrected chi connectivity index (χ0v) is 14.6. The molecule has 0 saturated heterocycles. The fourth-order valence-electron chi connectivity index (χ4n) is 2.47. The summed E-state index contributed by atoms with van der Waals surface area (Å²) in [6.07, 6.45) is 3.35. The SMILES string of the molecule is CC(C)c1cc(C(=O)Nc2nccs2)n(Cc2c(F)cccc2F)c1. The lowest BCUT2D eigenvalue weighted by Crippen LogP contribution is -2.17. The fourth-order valence-corrected chi connectivity index (χ4v) is 2.99. The smallest absolute Gasteiger partial charge is 0.274 e. The van der Waals surface area contributed by atoms with Crippen molar-refractivity contribution in [3.05, 3.63) is 70.5 Å². The molecule has 25 heavy (non-hydrogen) atoms. The van der Waals surface area contributed by atoms with E-state index < -0.39 is 11.6 Å². The molecule has 0 aliphatic rings. The molecule has 7 heteroatoms. The number of benzene rings is 1. The van der Waals surface area contributed by atoms with Crippen LogP contribution in [0.1, 0.15) is 41.4 Å². The van der Waals surface area contributed by atoms with Crippen LogP contribution in [0.4, 0.5) is 13.9 Å². The first-order valence-corrected chi connectivity index (χ1v) is 8.67. The van der Waals surface area contributed by atoms with Crippen LogP contribution in [0.15, 0.2) is 42.0 Å². The first kappa shape index (κ1) is 17.3. The summed E-state index contributed by atoms with van der Waals surface area (Å²) in [7, 11) is 0. The first-order valence-electron chi connectivity index (χ1n) is 7.79. The molecule has 3 aromatic rings. The predicted molar refractivity (Wildman–Crippen MR) is 94.0 cm³/mol. The molecule has 0 atom stereocenters. The number of thiazole rings is 1. The number of carbonyl (C=O) groups excluding carboxylic acids is 1. The second-order valence-corrected chi connectivity index (χ2v) is 6.83. The van der Waals surface area contributed by atoms with Crippen molar-refractivity contribution in [3.63, 3.8) is 0 Å². The molecule has 1 aromatic carbocycles. The van der Waals surface area contributed by atoms with Gasteiger partial charge in [0, 0.05) is 23.3 Å². The molecule has 1 N–H and O–H groups in total. The van der Waals surface area contributed by atoms with Gasteiger partial charge in [0.1, 0.15) is 17.3 Å². The average molecular weight is 361 g/mol. The summed E-state index contributed by atoms with van der Waals surface area (Å²) >= 11 is 1.30. The van der Waals surface area contributed by atoms with E-state index in [-0.39, 0.29) is 23.9 Å². The standard InChI is InChI=1S/C18H17F2N3OS/c1-11(2)12-8-16(17(24)22-18-21-6-7-25-18)23(9-12)10-13-14(19)4-3-5-15(13)20/h3-9,11H,10H2,1-2H3,(H,21,22,24). The molecule has 1 amide bonds. The second kappa shape index (κ2) is 7.14. The van der Waals surface area contributed by atoms with Crippen LogP contribution in [0.2, 0.25) is 0 Å². The third kappa shape index (κ3) is 3.76. The largest absolute Gasteiger partial charge is 0.339 e. The molecule has 0 fully saturated rings. The highest BCUT2D eigenvalue weighted by atomic mass is 32.1. The minimum Gasteiger partial charge on any atom is -0.339 e. The Labute approximate surface area is 148 Å². The van der Waals surface area contributed by atoms with Crippen molar-refractivity contribution < 1.29 is 13.6 Å². The number of hydrogen-bond donors (Lipinski definition) is 1. The van der Waals surface area contributed by atoms with Gasteiger partial charge in [-0.25, -0.2) is 13.8 Å². The Bertz CT molecular complexity index is 868. The maximum absolute atomic E-state index is 14.0. The molecule has 0 radical (unpaired) electrons. The van der Waals surface area contributed by atoms with Crippen LogP contribution in [-0.2, 0) is 6.54 Å². The highest BCUT2D eigenvalue weighted by Crippen LogP contribution is 2.22. The molecule has 3 rings (SSSR count). The number of rotatable bonds is 5. The van der Waals surface area contributed by atoms with E-state index >= 15 is 0 Å². The maximum atomic E-state index is 14.0. The minimum absolute atomic E-state index is 0.0636. The number of hydrogen-bond acceptors (Lipinski definition) is 3. The Kier molecular flexibility index (Phi) is 4.94. The van der Waals surface area contributed by atoms with Gasteiger partial charge in [0.2, 0.25) is 0 Å². The minimum atomic E-state index is -0.633. The number of nitrogens with zero attached hydrogens (tertiary/aromatic N) is 2. The molecule has 4 nitrogen and oxygen atoms in total. The first-order chi connectivity index (χ1) is 12.0. The summed E-state index contributed by atoms with van der Waals surface area (Å²) < 4.78 is 29.5. The van der Waals surface area contributed by atoms with Gasteiger partial charge in [-0.3, -0.25) is 10.1 Å². The molecule has 0 unspecified atom stereocenters. The van der Waals surface area contributed by atoms with E-state index in [1.807, 2.05) is 13.8 Å². The van der Waals surface area contributed by atoms with Gasteiger partial charge < -0.3 is 4.57 Å². The summed E-state index contributed by atoms with van der Waals surface area (Å²) in [5.74, 6) is -1.45. The molecular formula is C18H17F2N3OS. The van der Waals surface area contributed by atoms with Crippen LogP contribution in [0, 0.1) is 11.6 Å². The molecule has 0 bridgehead atoms. The molecule has 130 valence electrons. The van der Waals surface area contributed by atoms with Crippen molar-refractivity contribution in [1.82, 2.24) is 9.55 Å². The van der Waals surface area contributed by atoms with Crippen molar-refractivity contribution in [2.45, 2.75) is 26.3 Å². The zero-order valence-electron chi connectivity index (χ0n) is 13.8. The van der Waals surface area contributed by atoms with Gasteiger partial charge in [0.15, 0.2) is 5.13 Å². The number of aromatic nitrogens is 2. The zero-order chi connectivity index (χ0) is 18.0. The van der Waals surface area contributed by atoms with Crippen molar-refractivity contribution in [2.24, 2.45) is 0 Å². The van der Waals surface area contributed by atoms with Crippen LogP contribution in [0.25, 0.3) is 0 Å². The fraction of sp³-hybridized carbons (Fsp3) is 0.222. The molecule has 0 saturated carbocycles. The topological polar surface area (TPSA) is 46.9 Å². The van der Waals surface area contributed by atoms with Crippen molar-refractivity contribution >= 4 is 22.4 Å². The van der Waals surface area contributed by atoms with Crippen LogP contribution in [-0.4, -0.2) is 15.5 Å². The lowest BCUT2D eigenvalue weighted by molar-refractivity contribution is 0.101. The Morgan fingerprint density at radius 1 is 1.32 bits per heavy atom. The van der Waals surface area contributed by atoms with E-state index in [4.69, 9.17) is 0 Å². The maximum Gasteiger partial charge on any atom is 0.274 e. The quantitative estimate of drug-likeness (QED) is 0.719. The van der Waals surface area contributed by atoms with Gasteiger partial charge in [0.05, 0.1) is 6.54 Å². The summed E-state index contributed by atoms with van der Waals surface area (Å²) in [4.78, 5) is 16.6. The molecule has 0 aliphatic heterocycles. The number of anilines is 1. The summed E-state index contributed by atoms with van der Waals surface area (Å²) in [6.45, 7) is 3.92. The van der Waals surface area contributed by atoms with E-state index in [9.17, 15) is 13.6 Å². The predicted octanol–water partition coefficient (Wildman–Crippen LogP) is 4.65. The molecular weight excluding hydrogens is 344 g/mol. The van der Waals surface area contributed by atoms with E-state index in [1.54, 1.807) is 28.4 Å². The third-order valence-electron chi connectivity index (χ3n) is 3.86. The molecule has 2 heterocycles. The molecule has 0 aliphatic carbocycles. The number of nitrogens with one attached hydrogen (secondary N) is 1. The second-order valence-electron chi connectivity index (χ2n) is 5.93. The Hall–Kier alpha value is -2.54. The van der Waals surface area contributed by atoms with Crippen molar-refractivity contribution in [2.75, 3.05) is 5.32 Å². The average Bonchev–Trinajstić information content (AvgIpc) is 3.20. The Balaban J connectivity index is 1.96. The van der Waals surface area contributed by atoms with Gasteiger partial charge in [-0.15, -0.1) is 11.3 Å². The number of carbonyl (C=O) groups is 1. The van der Waals surface area contributed by atoms with Crippen LogP contribution in [0.5, 0.6) is 0 Å². The van der Waals surface area contributed by atoms with Crippen LogP contribution >= 0.6 is 11.3 Å². The van der Waals surface area contributed by atoms with Crippen molar-refractivity contribution in [3.8, 4) is 0 Å². The Morgan fingerprint density at radius 2 is 2.04 bits per heavy atom. The van der Waals surface area contributed by atoms with Crippen LogP contribution < -0.4 is 5.32 Å². The highest BCUT2D eigenvalue weighted by molar-refractivity contribution is 7.13. The van der Waals surface area contributed by atoms with Crippen LogP contribution in [0.3, 0.4) is 0 Å². The van der Waals surface area contributed by atoms with Gasteiger partial charge in [-0.05, 0) is 29.7 Å². The van der Waals surface area contributed by atoms with Gasteiger partial charge in [-0.1, -0.05) is 19.9 Å². The lowest BCUT2D eigenvalue weighted by atomic mass is 10.1. The number of amides is 1. The van der Waals surface area contributed by atoms with Gasteiger partial charge in [0.25, 0.3) is 5.91 Å². The normalized spacial score (nSPS) is 11.1. The third-order valence-corrected chi connectivity index (χ3v) is 4.55. The molecule has 2 aromatic heterocycles. The van der Waals surface area contributed by atoms with E-state index in [2.05, 4.69) is 10.3 Å². The van der Waals surface area contributed by atoms with Crippen molar-refractivity contribution in [1.29, 1.82) is 0 Å². The summed E-state index contributed by atoms with van der Waals surface area (Å²) in [5.41, 5.74) is 1.18. The molecule has 0 spiro atoms. The van der Waals surface area contributed by atoms with E-state index in [0.29, 0.717) is 10.8 Å². The lowest BCUT2D eigenvalue weighted by Gasteiger charge is -2.10. The monoisotopic (exact) mass is 361 g/mol. The van der Waals surface area contributed by atoms with Gasteiger partial charge in [-0.2, -0.15) is 0 Å². The van der Waals surface area contributed by atoms with E-state index in [0.717, 1.165) is 5.56 Å². The Morgan fingerprint density at radius 3 is 2.64 bits per heavy atom. The summed E-state index contributed by atoms with van der Waals surface area (Å²) in [6, 6.07) is 5.48. The highest BCUT2D eigenvalue weighted by Gasteiger charge is 2.18. The van der Waals surface area contributed by atoms with Gasteiger partial charge >= 0.3 is 0 Å². The number of halogens is 2.